The lowest BCUT2D eigenvalue weighted by Gasteiger charge is -2.30. The molecule has 0 amide bonds. The SMILES string of the molecule is COc1ccc2c(c1)c(C(C(=O)[O-])[Si](C)(C)C)cn2[Si](C)(C)C. The molecule has 1 heterocycles. The van der Waals surface area contributed by atoms with Gasteiger partial charge in [-0.2, -0.15) is 0 Å². The molecule has 2 rings (SSSR count). The summed E-state index contributed by atoms with van der Waals surface area (Å²) in [6.45, 7) is 13.0. The number of carbonyl (C=O) groups excluding carboxylic acids is 1. The molecular formula is C17H26NO3Si2-. The summed E-state index contributed by atoms with van der Waals surface area (Å²) in [5.74, 6) is -0.221. The van der Waals surface area contributed by atoms with E-state index in [4.69, 9.17) is 4.74 Å². The van der Waals surface area contributed by atoms with Gasteiger partial charge in [0.05, 0.1) is 15.2 Å². The maximum Gasteiger partial charge on any atom is 0.152 e. The highest BCUT2D eigenvalue weighted by atomic mass is 28.3. The van der Waals surface area contributed by atoms with Crippen LogP contribution in [0.15, 0.2) is 24.4 Å². The third-order valence-corrected chi connectivity index (χ3v) is 8.27. The first-order chi connectivity index (χ1) is 10.5. The predicted molar refractivity (Wildman–Crippen MR) is 98.3 cm³/mol. The molecule has 0 aliphatic carbocycles. The van der Waals surface area contributed by atoms with E-state index >= 15 is 0 Å². The molecule has 0 saturated carbocycles. The van der Waals surface area contributed by atoms with Crippen LogP contribution in [0.2, 0.25) is 39.3 Å². The summed E-state index contributed by atoms with van der Waals surface area (Å²) < 4.78 is 7.63. The molecule has 0 radical (unpaired) electrons. The van der Waals surface area contributed by atoms with Gasteiger partial charge in [-0.05, 0) is 30.0 Å². The molecule has 0 spiro atoms. The Morgan fingerprint density at radius 1 is 1.17 bits per heavy atom. The monoisotopic (exact) mass is 348 g/mol. The average Bonchev–Trinajstić information content (AvgIpc) is 2.75. The van der Waals surface area contributed by atoms with Crippen molar-refractivity contribution in [2.75, 3.05) is 7.11 Å². The molecule has 1 unspecified atom stereocenters. The van der Waals surface area contributed by atoms with E-state index in [-0.39, 0.29) is 0 Å². The van der Waals surface area contributed by atoms with Crippen LogP contribution < -0.4 is 9.84 Å². The Morgan fingerprint density at radius 2 is 1.78 bits per heavy atom. The van der Waals surface area contributed by atoms with Crippen LogP contribution in [0.5, 0.6) is 5.75 Å². The number of ether oxygens (including phenoxy) is 1. The fraction of sp³-hybridized carbons (Fsp3) is 0.471. The third-order valence-electron chi connectivity index (χ3n) is 4.18. The van der Waals surface area contributed by atoms with Gasteiger partial charge in [-0.3, -0.25) is 0 Å². The van der Waals surface area contributed by atoms with E-state index in [2.05, 4.69) is 49.7 Å². The van der Waals surface area contributed by atoms with Gasteiger partial charge < -0.3 is 18.9 Å². The summed E-state index contributed by atoms with van der Waals surface area (Å²) in [7, 11) is -2.02. The molecule has 0 bridgehead atoms. The molecule has 23 heavy (non-hydrogen) atoms. The zero-order chi connectivity index (χ0) is 17.6. The van der Waals surface area contributed by atoms with Crippen molar-refractivity contribution in [2.45, 2.75) is 44.8 Å². The summed E-state index contributed by atoms with van der Waals surface area (Å²) in [4.78, 5) is 11.9. The fourth-order valence-corrected chi connectivity index (χ4v) is 6.41. The van der Waals surface area contributed by atoms with E-state index in [1.165, 1.54) is 0 Å². The third kappa shape index (κ3) is 3.38. The number of rotatable bonds is 5. The molecule has 0 N–H and O–H groups in total. The fourth-order valence-electron chi connectivity index (χ4n) is 3.09. The van der Waals surface area contributed by atoms with E-state index in [1.807, 2.05) is 18.2 Å². The number of fused-ring (bicyclic) bond motifs is 1. The molecule has 1 aromatic heterocycles. The lowest BCUT2D eigenvalue weighted by Crippen LogP contribution is -2.44. The van der Waals surface area contributed by atoms with Gasteiger partial charge in [0.15, 0.2) is 8.24 Å². The summed E-state index contributed by atoms with van der Waals surface area (Å²) in [6.07, 6.45) is 2.05. The molecule has 1 atom stereocenters. The maximum absolute atomic E-state index is 11.9. The second-order valence-electron chi connectivity index (χ2n) is 8.13. The molecule has 2 aromatic rings. The number of hydrogen-bond donors (Lipinski definition) is 0. The van der Waals surface area contributed by atoms with Crippen molar-refractivity contribution in [3.05, 3.63) is 30.0 Å². The minimum Gasteiger partial charge on any atom is -0.550 e. The molecular weight excluding hydrogens is 322 g/mol. The molecule has 0 saturated heterocycles. The smallest absolute Gasteiger partial charge is 0.152 e. The highest BCUT2D eigenvalue weighted by Crippen LogP contribution is 2.36. The van der Waals surface area contributed by atoms with Gasteiger partial charge in [0.1, 0.15) is 5.75 Å². The number of methoxy groups -OCH3 is 1. The second-order valence-corrected chi connectivity index (χ2v) is 18.3. The Hall–Kier alpha value is -1.54. The molecule has 1 aromatic carbocycles. The van der Waals surface area contributed by atoms with Gasteiger partial charge in [-0.25, -0.2) is 0 Å². The summed E-state index contributed by atoms with van der Waals surface area (Å²) in [5.41, 5.74) is 1.43. The van der Waals surface area contributed by atoms with E-state index < -0.39 is 27.8 Å². The van der Waals surface area contributed by atoms with Gasteiger partial charge in [0.25, 0.3) is 0 Å². The Kier molecular flexibility index (Phi) is 4.52. The molecule has 6 heteroatoms. The number of carboxylic acids is 1. The van der Waals surface area contributed by atoms with Gasteiger partial charge in [-0.1, -0.05) is 39.3 Å². The van der Waals surface area contributed by atoms with Crippen LogP contribution in [0.25, 0.3) is 10.9 Å². The minimum absolute atomic E-state index is 0.533. The van der Waals surface area contributed by atoms with Gasteiger partial charge in [0, 0.05) is 22.4 Å². The number of aromatic nitrogens is 1. The Balaban J connectivity index is 2.84. The first kappa shape index (κ1) is 17.8. The van der Waals surface area contributed by atoms with Crippen LogP contribution in [0.1, 0.15) is 11.1 Å². The van der Waals surface area contributed by atoms with Crippen molar-refractivity contribution in [3.63, 3.8) is 0 Å². The van der Waals surface area contributed by atoms with Gasteiger partial charge in [-0.15, -0.1) is 0 Å². The largest absolute Gasteiger partial charge is 0.550 e. The van der Waals surface area contributed by atoms with Crippen molar-refractivity contribution in [2.24, 2.45) is 0 Å². The minimum atomic E-state index is -1.98. The maximum atomic E-state index is 11.9. The van der Waals surface area contributed by atoms with Crippen molar-refractivity contribution >= 4 is 33.2 Å². The Labute approximate surface area is 140 Å². The quantitative estimate of drug-likeness (QED) is 0.780. The lowest BCUT2D eigenvalue weighted by molar-refractivity contribution is -0.305. The number of benzene rings is 1. The molecule has 0 aliphatic rings. The van der Waals surface area contributed by atoms with Crippen molar-refractivity contribution in [3.8, 4) is 5.75 Å². The topological polar surface area (TPSA) is 54.3 Å². The summed E-state index contributed by atoms with van der Waals surface area (Å²) in [6, 6.07) is 5.93. The van der Waals surface area contributed by atoms with E-state index in [0.29, 0.717) is 0 Å². The molecule has 4 nitrogen and oxygen atoms in total. The zero-order valence-corrected chi connectivity index (χ0v) is 17.1. The molecule has 126 valence electrons. The molecule has 0 aliphatic heterocycles. The van der Waals surface area contributed by atoms with Crippen LogP contribution in [-0.2, 0) is 4.79 Å². The first-order valence-electron chi connectivity index (χ1n) is 7.87. The van der Waals surface area contributed by atoms with Crippen molar-refractivity contribution < 1.29 is 14.6 Å². The normalized spacial score (nSPS) is 14.0. The Bertz CT molecular complexity index is 739. The first-order valence-corrected chi connectivity index (χ1v) is 14.9. The number of aliphatic carboxylic acids is 1. The van der Waals surface area contributed by atoms with Crippen molar-refractivity contribution in [1.29, 1.82) is 0 Å². The second kappa shape index (κ2) is 5.83. The van der Waals surface area contributed by atoms with Crippen LogP contribution in [0, 0.1) is 0 Å². The summed E-state index contributed by atoms with van der Waals surface area (Å²) >= 11 is 0. The Morgan fingerprint density at radius 3 is 2.22 bits per heavy atom. The zero-order valence-electron chi connectivity index (χ0n) is 15.1. The average molecular weight is 349 g/mol. The van der Waals surface area contributed by atoms with E-state index in [1.54, 1.807) is 7.11 Å². The standard InChI is InChI=1S/C17H27NO3Si2/c1-21-12-8-9-15-13(10-12)14(11-18(15)23(5,6)7)16(17(19)20)22(2,3)4/h8-11,16H,1-7H3,(H,19,20)/p-1. The number of hydrogen-bond acceptors (Lipinski definition) is 3. The van der Waals surface area contributed by atoms with Gasteiger partial charge in [0.2, 0.25) is 0 Å². The van der Waals surface area contributed by atoms with Crippen LogP contribution in [0.3, 0.4) is 0 Å². The number of carboxylic acid groups (broad SMARTS) is 1. The van der Waals surface area contributed by atoms with Crippen LogP contribution >= 0.6 is 0 Å². The van der Waals surface area contributed by atoms with E-state index in [9.17, 15) is 9.90 Å². The predicted octanol–water partition coefficient (Wildman–Crippen LogP) is 3.04. The number of nitrogens with zero attached hydrogens (tertiary/aromatic N) is 1. The van der Waals surface area contributed by atoms with E-state index in [0.717, 1.165) is 22.2 Å². The van der Waals surface area contributed by atoms with Crippen LogP contribution in [-0.4, -0.2) is 33.6 Å². The number of carbonyl (C=O) groups is 1. The summed E-state index contributed by atoms with van der Waals surface area (Å²) in [5, 5.41) is 12.9. The van der Waals surface area contributed by atoms with Gasteiger partial charge >= 0.3 is 0 Å². The van der Waals surface area contributed by atoms with Crippen molar-refractivity contribution in [1.82, 2.24) is 4.23 Å². The highest BCUT2D eigenvalue weighted by molar-refractivity contribution is 6.80. The lowest BCUT2D eigenvalue weighted by atomic mass is 10.1. The highest BCUT2D eigenvalue weighted by Gasteiger charge is 2.33. The van der Waals surface area contributed by atoms with Crippen LogP contribution in [0.4, 0.5) is 0 Å². The molecule has 0 fully saturated rings.